The average molecular weight is 446 g/mol. The summed E-state index contributed by atoms with van der Waals surface area (Å²) in [5.74, 6) is -0.135. The van der Waals surface area contributed by atoms with Crippen LogP contribution in [0.5, 0.6) is 0 Å². The maximum atomic E-state index is 12.5. The summed E-state index contributed by atoms with van der Waals surface area (Å²) in [7, 11) is 5.22. The summed E-state index contributed by atoms with van der Waals surface area (Å²) in [4.78, 5) is 20.7. The first-order valence-corrected chi connectivity index (χ1v) is 10.9. The van der Waals surface area contributed by atoms with E-state index in [4.69, 9.17) is 15.9 Å². The molecule has 8 nitrogen and oxygen atoms in total. The fraction of sp³-hybridized carbons (Fsp3) is 0.280. The van der Waals surface area contributed by atoms with Crippen molar-refractivity contribution in [3.63, 3.8) is 0 Å². The van der Waals surface area contributed by atoms with Gasteiger partial charge in [0.25, 0.3) is 0 Å². The van der Waals surface area contributed by atoms with Crippen molar-refractivity contribution in [2.45, 2.75) is 24.7 Å². The lowest BCUT2D eigenvalue weighted by atomic mass is 9.61. The van der Waals surface area contributed by atoms with Crippen molar-refractivity contribution in [1.82, 2.24) is 14.5 Å². The number of methoxy groups -OCH3 is 1. The predicted octanol–water partition coefficient (Wildman–Crippen LogP) is 2.50. The molecule has 5 N–H and O–H groups in total. The number of carbonyl (C=O) groups excluding carboxylic acids is 1. The van der Waals surface area contributed by atoms with Crippen molar-refractivity contribution >= 4 is 23.7 Å². The van der Waals surface area contributed by atoms with Crippen LogP contribution in [0.15, 0.2) is 48.9 Å². The van der Waals surface area contributed by atoms with Crippen molar-refractivity contribution in [2.75, 3.05) is 19.9 Å². The Balaban J connectivity index is 1.84. The standard InChI is InChI=1S/C25H28N6O2/c1-28-13-17(12-26)20-11-21(23(32)33-3)31(2)22(20)25(9-4-10-25)19-7-5-16(6-8-19)18-14-29-24(27)30-15-18/h5-8,11-15,26,28H,4,9-10H2,1-3H3,(H2,27,29,30)/p+1/b17-13+,26-12?. The minimum Gasteiger partial charge on any atom is -0.464 e. The molecule has 2 aromatic heterocycles. The molecular weight excluding hydrogens is 416 g/mol. The van der Waals surface area contributed by atoms with Gasteiger partial charge in [0.1, 0.15) is 11.9 Å². The van der Waals surface area contributed by atoms with Crippen LogP contribution in [-0.4, -0.2) is 40.9 Å². The predicted molar refractivity (Wildman–Crippen MR) is 128 cm³/mol. The van der Waals surface area contributed by atoms with E-state index in [9.17, 15) is 4.79 Å². The number of nitrogen functional groups attached to an aromatic ring is 1. The molecule has 3 aromatic rings. The van der Waals surface area contributed by atoms with E-state index in [2.05, 4.69) is 34.2 Å². The van der Waals surface area contributed by atoms with Gasteiger partial charge >= 0.3 is 5.97 Å². The van der Waals surface area contributed by atoms with Crippen LogP contribution in [0.2, 0.25) is 0 Å². The third kappa shape index (κ3) is 3.82. The second-order valence-electron chi connectivity index (χ2n) is 8.29. The van der Waals surface area contributed by atoms with E-state index < -0.39 is 0 Å². The Kier molecular flexibility index (Phi) is 6.11. The van der Waals surface area contributed by atoms with Gasteiger partial charge in [-0.1, -0.05) is 30.7 Å². The van der Waals surface area contributed by atoms with Gasteiger partial charge in [-0.2, -0.15) is 0 Å². The summed E-state index contributed by atoms with van der Waals surface area (Å²) in [6.45, 7) is 0. The first-order chi connectivity index (χ1) is 15.9. The average Bonchev–Trinajstić information content (AvgIpc) is 3.14. The number of ether oxygens (including phenoxy) is 1. The fourth-order valence-electron chi connectivity index (χ4n) is 4.76. The number of allylic oxidation sites excluding steroid dienone is 1. The maximum absolute atomic E-state index is 12.5. The highest BCUT2D eigenvalue weighted by molar-refractivity contribution is 6.09. The number of aromatic nitrogens is 3. The third-order valence-electron chi connectivity index (χ3n) is 6.54. The molecule has 8 heteroatoms. The molecule has 4 rings (SSSR count). The number of esters is 1. The minimum absolute atomic E-state index is 0.248. The number of benzene rings is 1. The second kappa shape index (κ2) is 8.99. The molecule has 0 amide bonds. The van der Waals surface area contributed by atoms with E-state index >= 15 is 0 Å². The molecule has 1 fully saturated rings. The van der Waals surface area contributed by atoms with Gasteiger partial charge in [-0.3, -0.25) is 0 Å². The summed E-state index contributed by atoms with van der Waals surface area (Å²) in [5, 5.41) is 9.90. The lowest BCUT2D eigenvalue weighted by Gasteiger charge is -2.44. The largest absolute Gasteiger partial charge is 0.464 e. The lowest BCUT2D eigenvalue weighted by molar-refractivity contribution is -0.555. The van der Waals surface area contributed by atoms with Crippen LogP contribution in [0, 0.1) is 5.41 Å². The van der Waals surface area contributed by atoms with Crippen LogP contribution in [0.4, 0.5) is 5.95 Å². The molecule has 0 unspecified atom stereocenters. The van der Waals surface area contributed by atoms with Gasteiger partial charge in [-0.15, -0.1) is 0 Å². The highest BCUT2D eigenvalue weighted by Crippen LogP contribution is 2.51. The minimum atomic E-state index is -0.386. The number of nitrogens with two attached hydrogens (primary N) is 2. The zero-order chi connectivity index (χ0) is 23.6. The molecule has 1 aromatic carbocycles. The van der Waals surface area contributed by atoms with Gasteiger partial charge in [0.2, 0.25) is 5.95 Å². The van der Waals surface area contributed by atoms with Gasteiger partial charge in [0.05, 0.1) is 19.7 Å². The number of rotatable bonds is 7. The molecule has 0 atom stereocenters. The Bertz CT molecular complexity index is 1200. The summed E-state index contributed by atoms with van der Waals surface area (Å²) >= 11 is 0. The van der Waals surface area contributed by atoms with Crippen molar-refractivity contribution in [1.29, 1.82) is 5.41 Å². The molecule has 0 aliphatic heterocycles. The van der Waals surface area contributed by atoms with Gasteiger partial charge in [-0.25, -0.2) is 14.8 Å². The van der Waals surface area contributed by atoms with E-state index in [-0.39, 0.29) is 17.3 Å². The van der Waals surface area contributed by atoms with Crippen molar-refractivity contribution in [3.8, 4) is 11.1 Å². The molecule has 1 aliphatic rings. The second-order valence-corrected chi connectivity index (χ2v) is 8.29. The van der Waals surface area contributed by atoms with Gasteiger partial charge in [-0.05, 0) is 30.0 Å². The zero-order valence-corrected chi connectivity index (χ0v) is 19.1. The smallest absolute Gasteiger partial charge is 0.354 e. The van der Waals surface area contributed by atoms with Gasteiger partial charge < -0.3 is 25.8 Å². The SMILES string of the molecule is C[NH2+]/C=C(\C=N)c1cc(C(=O)OC)n(C)c1C1(c2ccc(-c3cnc(N)nc3)cc2)CCC1. The van der Waals surface area contributed by atoms with Crippen molar-refractivity contribution in [3.05, 3.63) is 71.4 Å². The van der Waals surface area contributed by atoms with E-state index in [1.54, 1.807) is 12.4 Å². The highest BCUT2D eigenvalue weighted by atomic mass is 16.5. The fourth-order valence-corrected chi connectivity index (χ4v) is 4.76. The molecule has 33 heavy (non-hydrogen) atoms. The number of anilines is 1. The molecular formula is C25H29N6O2+. The Labute approximate surface area is 193 Å². The van der Waals surface area contributed by atoms with Crippen LogP contribution in [0.1, 0.15) is 46.6 Å². The summed E-state index contributed by atoms with van der Waals surface area (Å²) in [5.41, 5.74) is 11.6. The van der Waals surface area contributed by atoms with E-state index in [1.165, 1.54) is 18.9 Å². The van der Waals surface area contributed by atoms with Crippen molar-refractivity contribution in [2.24, 2.45) is 7.05 Å². The van der Waals surface area contributed by atoms with Crippen LogP contribution < -0.4 is 11.1 Å². The van der Waals surface area contributed by atoms with Gasteiger partial charge in [0.15, 0.2) is 0 Å². The van der Waals surface area contributed by atoms with E-state index in [0.717, 1.165) is 47.2 Å². The topological polar surface area (TPSA) is 123 Å². The van der Waals surface area contributed by atoms with E-state index in [1.807, 2.05) is 36.2 Å². The van der Waals surface area contributed by atoms with Crippen LogP contribution in [0.25, 0.3) is 16.7 Å². The van der Waals surface area contributed by atoms with Crippen molar-refractivity contribution < 1.29 is 14.8 Å². The maximum Gasteiger partial charge on any atom is 0.354 e. The molecule has 170 valence electrons. The van der Waals surface area contributed by atoms with Crippen LogP contribution in [-0.2, 0) is 17.2 Å². The monoisotopic (exact) mass is 445 g/mol. The third-order valence-corrected chi connectivity index (χ3v) is 6.54. The first kappa shape index (κ1) is 22.4. The number of hydrogen-bond acceptors (Lipinski definition) is 6. The number of quaternary nitrogens is 1. The number of nitrogens with one attached hydrogen (secondary N) is 1. The number of nitrogens with zero attached hydrogens (tertiary/aromatic N) is 3. The quantitative estimate of drug-likeness (QED) is 0.381. The summed E-state index contributed by atoms with van der Waals surface area (Å²) in [6.07, 6.45) is 9.70. The number of hydrogen-bond donors (Lipinski definition) is 3. The van der Waals surface area contributed by atoms with Crippen LogP contribution >= 0.6 is 0 Å². The van der Waals surface area contributed by atoms with Crippen LogP contribution in [0.3, 0.4) is 0 Å². The highest BCUT2D eigenvalue weighted by Gasteiger charge is 2.45. The zero-order valence-electron chi connectivity index (χ0n) is 19.1. The Morgan fingerprint density at radius 2 is 1.88 bits per heavy atom. The lowest BCUT2D eigenvalue weighted by Crippen LogP contribution is -2.72. The number of carbonyl (C=O) groups is 1. The molecule has 0 saturated heterocycles. The molecule has 0 radical (unpaired) electrons. The normalized spacial score (nSPS) is 15.1. The van der Waals surface area contributed by atoms with E-state index in [0.29, 0.717) is 5.69 Å². The Morgan fingerprint density at radius 1 is 1.21 bits per heavy atom. The molecule has 1 aliphatic carbocycles. The van der Waals surface area contributed by atoms with Gasteiger partial charge in [0, 0.05) is 47.9 Å². The molecule has 1 saturated carbocycles. The molecule has 0 spiro atoms. The molecule has 0 bridgehead atoms. The Hall–Kier alpha value is -3.78. The molecule has 2 heterocycles. The summed E-state index contributed by atoms with van der Waals surface area (Å²) in [6, 6.07) is 10.3. The Morgan fingerprint density at radius 3 is 2.39 bits per heavy atom. The first-order valence-electron chi connectivity index (χ1n) is 10.9. The summed E-state index contributed by atoms with van der Waals surface area (Å²) < 4.78 is 6.98.